The Kier molecular flexibility index (Phi) is 6.61. The van der Waals surface area contributed by atoms with Crippen LogP contribution < -0.4 is 10.1 Å². The largest absolute Gasteiger partial charge is 0.481 e. The van der Waals surface area contributed by atoms with Crippen molar-refractivity contribution >= 4 is 5.97 Å². The second kappa shape index (κ2) is 9.34. The van der Waals surface area contributed by atoms with Gasteiger partial charge in [-0.25, -0.2) is 14.5 Å². The smallest absolute Gasteiger partial charge is 0.343 e. The summed E-state index contributed by atoms with van der Waals surface area (Å²) in [4.78, 5) is 15.3. The summed E-state index contributed by atoms with van der Waals surface area (Å²) in [6.45, 7) is 6.74. The molecule has 29 heavy (non-hydrogen) atoms. The first-order valence-corrected chi connectivity index (χ1v) is 9.46. The maximum atomic E-state index is 11.3. The fourth-order valence-electron chi connectivity index (χ4n) is 3.21. The third kappa shape index (κ3) is 5.20. The third-order valence-corrected chi connectivity index (χ3v) is 4.77. The standard InChI is InChI=1S/C22H26N4O3/c1-15-9-18(10-16(2)22(15)29-12-21(27)28-4)11-24-17(3)19-5-7-20(8-6-19)26-14-23-13-25-26/h5-10,13-14,17,24H,11-12H2,1-4H3. The van der Waals surface area contributed by atoms with E-state index in [1.165, 1.54) is 19.0 Å². The molecule has 0 aliphatic rings. The second-order valence-electron chi connectivity index (χ2n) is 6.96. The number of rotatable bonds is 8. The van der Waals surface area contributed by atoms with Gasteiger partial charge in [0.2, 0.25) is 0 Å². The van der Waals surface area contributed by atoms with E-state index in [4.69, 9.17) is 4.74 Å². The van der Waals surface area contributed by atoms with Crippen LogP contribution in [0.3, 0.4) is 0 Å². The predicted octanol–water partition coefficient (Wildman–Crippen LogP) is 3.29. The van der Waals surface area contributed by atoms with Crippen LogP contribution in [0.25, 0.3) is 5.69 Å². The van der Waals surface area contributed by atoms with Crippen molar-refractivity contribution in [1.82, 2.24) is 20.1 Å². The average Bonchev–Trinajstić information content (AvgIpc) is 3.26. The zero-order valence-corrected chi connectivity index (χ0v) is 17.2. The van der Waals surface area contributed by atoms with E-state index in [0.29, 0.717) is 0 Å². The number of aryl methyl sites for hydroxylation is 2. The molecule has 152 valence electrons. The lowest BCUT2D eigenvalue weighted by atomic mass is 10.0. The molecule has 7 heteroatoms. The first-order chi connectivity index (χ1) is 14.0. The number of methoxy groups -OCH3 is 1. The quantitative estimate of drug-likeness (QED) is 0.591. The maximum Gasteiger partial charge on any atom is 0.343 e. The van der Waals surface area contributed by atoms with Crippen molar-refractivity contribution < 1.29 is 14.3 Å². The van der Waals surface area contributed by atoms with E-state index in [9.17, 15) is 4.79 Å². The van der Waals surface area contributed by atoms with Gasteiger partial charge in [0.05, 0.1) is 12.8 Å². The Morgan fingerprint density at radius 1 is 1.17 bits per heavy atom. The molecule has 1 aromatic heterocycles. The van der Waals surface area contributed by atoms with Gasteiger partial charge in [-0.05, 0) is 55.2 Å². The first-order valence-electron chi connectivity index (χ1n) is 9.46. The van der Waals surface area contributed by atoms with Gasteiger partial charge >= 0.3 is 5.97 Å². The highest BCUT2D eigenvalue weighted by Crippen LogP contribution is 2.25. The summed E-state index contributed by atoms with van der Waals surface area (Å²) in [5.41, 5.74) is 5.33. The molecule has 0 fully saturated rings. The zero-order valence-electron chi connectivity index (χ0n) is 17.2. The molecule has 0 radical (unpaired) electrons. The molecule has 0 bridgehead atoms. The number of nitrogens with one attached hydrogen (secondary N) is 1. The number of nitrogens with zero attached hydrogens (tertiary/aromatic N) is 3. The van der Waals surface area contributed by atoms with Crippen LogP contribution in [-0.4, -0.2) is 34.5 Å². The van der Waals surface area contributed by atoms with Gasteiger partial charge in [0.1, 0.15) is 18.4 Å². The van der Waals surface area contributed by atoms with Crippen LogP contribution in [0.1, 0.15) is 35.2 Å². The van der Waals surface area contributed by atoms with Crippen LogP contribution in [0.2, 0.25) is 0 Å². The number of benzene rings is 2. The number of hydrogen-bond donors (Lipinski definition) is 1. The summed E-state index contributed by atoms with van der Waals surface area (Å²) in [7, 11) is 1.35. The SMILES string of the molecule is COC(=O)COc1c(C)cc(CNC(C)c2ccc(-n3cncn3)cc2)cc1C. The molecule has 1 N–H and O–H groups in total. The van der Waals surface area contributed by atoms with E-state index < -0.39 is 5.97 Å². The Bertz CT molecular complexity index is 930. The molecule has 2 aromatic carbocycles. The number of ether oxygens (including phenoxy) is 2. The summed E-state index contributed by atoms with van der Waals surface area (Å²) in [5, 5.41) is 7.70. The molecule has 0 aliphatic heterocycles. The average molecular weight is 394 g/mol. The van der Waals surface area contributed by atoms with Crippen LogP contribution in [0.5, 0.6) is 5.75 Å². The van der Waals surface area contributed by atoms with Gasteiger partial charge in [-0.1, -0.05) is 24.3 Å². The highest BCUT2D eigenvalue weighted by Gasteiger charge is 2.11. The molecule has 7 nitrogen and oxygen atoms in total. The van der Waals surface area contributed by atoms with Crippen LogP contribution in [0.15, 0.2) is 49.1 Å². The highest BCUT2D eigenvalue weighted by atomic mass is 16.6. The predicted molar refractivity (Wildman–Crippen MR) is 110 cm³/mol. The lowest BCUT2D eigenvalue weighted by Crippen LogP contribution is -2.18. The number of aromatic nitrogens is 3. The Morgan fingerprint density at radius 3 is 2.45 bits per heavy atom. The van der Waals surface area contributed by atoms with Crippen molar-refractivity contribution in [2.24, 2.45) is 0 Å². The number of carbonyl (C=O) groups is 1. The minimum Gasteiger partial charge on any atom is -0.481 e. The van der Waals surface area contributed by atoms with Crippen LogP contribution in [0.4, 0.5) is 0 Å². The molecule has 0 amide bonds. The molecular formula is C22H26N4O3. The van der Waals surface area contributed by atoms with E-state index in [0.717, 1.165) is 34.7 Å². The minimum absolute atomic E-state index is 0.0859. The van der Waals surface area contributed by atoms with Crippen molar-refractivity contribution in [3.8, 4) is 11.4 Å². The molecule has 1 atom stereocenters. The maximum absolute atomic E-state index is 11.3. The van der Waals surface area contributed by atoms with Gasteiger partial charge in [0.25, 0.3) is 0 Å². The zero-order chi connectivity index (χ0) is 20.8. The molecule has 0 aliphatic carbocycles. The van der Waals surface area contributed by atoms with E-state index in [1.54, 1.807) is 11.0 Å². The van der Waals surface area contributed by atoms with E-state index >= 15 is 0 Å². The number of carbonyl (C=O) groups excluding carboxylic acids is 1. The molecule has 3 rings (SSSR count). The van der Waals surface area contributed by atoms with Gasteiger partial charge in [-0.2, -0.15) is 5.10 Å². The van der Waals surface area contributed by atoms with Crippen molar-refractivity contribution in [2.45, 2.75) is 33.4 Å². The third-order valence-electron chi connectivity index (χ3n) is 4.77. The summed E-state index contributed by atoms with van der Waals surface area (Å²) < 4.78 is 12.0. The normalized spacial score (nSPS) is 11.9. The molecule has 0 spiro atoms. The summed E-state index contributed by atoms with van der Waals surface area (Å²) in [5.74, 6) is 0.342. The lowest BCUT2D eigenvalue weighted by Gasteiger charge is -2.17. The fourth-order valence-corrected chi connectivity index (χ4v) is 3.21. The van der Waals surface area contributed by atoms with E-state index in [1.807, 2.05) is 26.0 Å². The minimum atomic E-state index is -0.391. The lowest BCUT2D eigenvalue weighted by molar-refractivity contribution is -0.142. The Balaban J connectivity index is 1.61. The molecule has 1 unspecified atom stereocenters. The van der Waals surface area contributed by atoms with E-state index in [-0.39, 0.29) is 12.6 Å². The van der Waals surface area contributed by atoms with Gasteiger partial charge in [-0.3, -0.25) is 0 Å². The van der Waals surface area contributed by atoms with Crippen molar-refractivity contribution in [3.05, 3.63) is 71.3 Å². The molecule has 3 aromatic rings. The molecule has 1 heterocycles. The first kappa shape index (κ1) is 20.5. The van der Waals surface area contributed by atoms with Gasteiger partial charge < -0.3 is 14.8 Å². The van der Waals surface area contributed by atoms with Gasteiger partial charge in [-0.15, -0.1) is 0 Å². The summed E-state index contributed by atoms with van der Waals surface area (Å²) in [6.07, 6.45) is 3.20. The van der Waals surface area contributed by atoms with Crippen molar-refractivity contribution in [3.63, 3.8) is 0 Å². The van der Waals surface area contributed by atoms with Crippen LogP contribution in [0, 0.1) is 13.8 Å². The van der Waals surface area contributed by atoms with Gasteiger partial charge in [0, 0.05) is 12.6 Å². The second-order valence-corrected chi connectivity index (χ2v) is 6.96. The Morgan fingerprint density at radius 2 is 1.86 bits per heavy atom. The topological polar surface area (TPSA) is 78.3 Å². The van der Waals surface area contributed by atoms with E-state index in [2.05, 4.69) is 51.3 Å². The monoisotopic (exact) mass is 394 g/mol. The van der Waals surface area contributed by atoms with Crippen LogP contribution in [-0.2, 0) is 16.1 Å². The Hall–Kier alpha value is -3.19. The van der Waals surface area contributed by atoms with Crippen molar-refractivity contribution in [1.29, 1.82) is 0 Å². The van der Waals surface area contributed by atoms with Crippen LogP contribution >= 0.6 is 0 Å². The molecule has 0 saturated heterocycles. The fraction of sp³-hybridized carbons (Fsp3) is 0.318. The van der Waals surface area contributed by atoms with Gasteiger partial charge in [0.15, 0.2) is 6.61 Å². The summed E-state index contributed by atoms with van der Waals surface area (Å²) in [6, 6.07) is 12.6. The number of hydrogen-bond acceptors (Lipinski definition) is 6. The summed E-state index contributed by atoms with van der Waals surface area (Å²) >= 11 is 0. The Labute approximate surface area is 170 Å². The molecule has 0 saturated carbocycles. The van der Waals surface area contributed by atoms with Crippen molar-refractivity contribution in [2.75, 3.05) is 13.7 Å². The molecular weight excluding hydrogens is 368 g/mol. The highest BCUT2D eigenvalue weighted by molar-refractivity contribution is 5.71. The number of esters is 1.